The number of benzene rings is 1. The van der Waals surface area contributed by atoms with Crippen molar-refractivity contribution in [1.29, 1.82) is 0 Å². The highest BCUT2D eigenvalue weighted by molar-refractivity contribution is 7.89. The molecule has 1 fully saturated rings. The van der Waals surface area contributed by atoms with Gasteiger partial charge < -0.3 is 10.2 Å². The van der Waals surface area contributed by atoms with E-state index in [1.54, 1.807) is 18.4 Å². The van der Waals surface area contributed by atoms with E-state index in [9.17, 15) is 8.42 Å². The van der Waals surface area contributed by atoms with Crippen molar-refractivity contribution < 1.29 is 12.8 Å². The third-order valence-corrected chi connectivity index (χ3v) is 6.19. The third-order valence-electron chi connectivity index (χ3n) is 4.27. The molecule has 0 bridgehead atoms. The minimum atomic E-state index is -3.60. The van der Waals surface area contributed by atoms with Gasteiger partial charge in [0, 0.05) is 17.6 Å². The van der Waals surface area contributed by atoms with Crippen molar-refractivity contribution in [1.82, 2.24) is 9.29 Å². The molecule has 0 radical (unpaired) electrons. The maximum atomic E-state index is 12.9. The quantitative estimate of drug-likeness (QED) is 0.860. The summed E-state index contributed by atoms with van der Waals surface area (Å²) >= 11 is 0. The molecule has 0 amide bonds. The van der Waals surface area contributed by atoms with Gasteiger partial charge in [-0.3, -0.25) is 0 Å². The zero-order valence-electron chi connectivity index (χ0n) is 14.2. The number of sulfonamides is 1. The van der Waals surface area contributed by atoms with Gasteiger partial charge in [-0.05, 0) is 37.1 Å². The summed E-state index contributed by atoms with van der Waals surface area (Å²) in [5, 5.41) is 0. The first kappa shape index (κ1) is 17.0. The van der Waals surface area contributed by atoms with Crippen molar-refractivity contribution in [3.63, 3.8) is 0 Å². The average molecular weight is 349 g/mol. The van der Waals surface area contributed by atoms with Crippen LogP contribution in [0.15, 0.2) is 39.8 Å². The predicted octanol–water partition coefficient (Wildman–Crippen LogP) is 3.08. The molecule has 130 valence electrons. The van der Waals surface area contributed by atoms with Gasteiger partial charge in [-0.2, -0.15) is 4.31 Å². The van der Waals surface area contributed by atoms with Crippen molar-refractivity contribution in [3.05, 3.63) is 42.1 Å². The Morgan fingerprint density at radius 1 is 1.25 bits per heavy atom. The Bertz CT molecular complexity index is 820. The van der Waals surface area contributed by atoms with Crippen molar-refractivity contribution in [2.75, 3.05) is 12.3 Å². The Balaban J connectivity index is 1.93. The first-order chi connectivity index (χ1) is 11.2. The van der Waals surface area contributed by atoms with Crippen LogP contribution < -0.4 is 5.73 Å². The molecule has 1 aromatic carbocycles. The third kappa shape index (κ3) is 3.06. The normalized spacial score (nSPS) is 19.7. The van der Waals surface area contributed by atoms with Crippen molar-refractivity contribution in [2.24, 2.45) is 0 Å². The molecule has 0 aliphatic carbocycles. The first-order valence-corrected chi connectivity index (χ1v) is 9.47. The van der Waals surface area contributed by atoms with E-state index in [2.05, 4.69) is 4.98 Å². The Morgan fingerprint density at radius 2 is 1.92 bits per heavy atom. The number of hydrogen-bond acceptors (Lipinski definition) is 5. The fourth-order valence-electron chi connectivity index (χ4n) is 2.83. The molecular formula is C17H23N3O3S. The SMILES string of the molecule is CC(C)(C)c1coc([C@H]2CCCN2S(=O)(=O)c2ccc(N)cc2)n1. The number of aromatic nitrogens is 1. The summed E-state index contributed by atoms with van der Waals surface area (Å²) in [6, 6.07) is 5.91. The van der Waals surface area contributed by atoms with E-state index in [4.69, 9.17) is 10.2 Å². The maximum absolute atomic E-state index is 12.9. The van der Waals surface area contributed by atoms with Gasteiger partial charge >= 0.3 is 0 Å². The summed E-state index contributed by atoms with van der Waals surface area (Å²) < 4.78 is 33.0. The van der Waals surface area contributed by atoms with Crippen LogP contribution >= 0.6 is 0 Å². The smallest absolute Gasteiger partial charge is 0.243 e. The second kappa shape index (κ2) is 5.89. The number of hydrogen-bond donors (Lipinski definition) is 1. The fourth-order valence-corrected chi connectivity index (χ4v) is 4.49. The van der Waals surface area contributed by atoms with Crippen LogP contribution in [0.25, 0.3) is 0 Å². The topological polar surface area (TPSA) is 89.4 Å². The average Bonchev–Trinajstić information content (AvgIpc) is 3.16. The second-order valence-corrected chi connectivity index (χ2v) is 9.05. The van der Waals surface area contributed by atoms with Gasteiger partial charge in [0.1, 0.15) is 12.3 Å². The van der Waals surface area contributed by atoms with Gasteiger partial charge in [0.25, 0.3) is 0 Å². The minimum absolute atomic E-state index is 0.138. The van der Waals surface area contributed by atoms with Crippen LogP contribution in [0.5, 0.6) is 0 Å². The Kier molecular flexibility index (Phi) is 4.17. The number of nitrogens with zero attached hydrogens (tertiary/aromatic N) is 2. The standard InChI is InChI=1S/C17H23N3O3S/c1-17(2,3)15-11-23-16(19-15)14-5-4-10-20(14)24(21,22)13-8-6-12(18)7-9-13/h6-9,11,14H,4-5,10,18H2,1-3H3/t14-/m1/s1. The van der Waals surface area contributed by atoms with E-state index >= 15 is 0 Å². The summed E-state index contributed by atoms with van der Waals surface area (Å²) in [5.74, 6) is 0.469. The van der Waals surface area contributed by atoms with E-state index in [1.807, 2.05) is 20.8 Å². The highest BCUT2D eigenvalue weighted by Gasteiger charge is 2.39. The zero-order valence-corrected chi connectivity index (χ0v) is 15.0. The summed E-state index contributed by atoms with van der Waals surface area (Å²) in [7, 11) is -3.60. The molecule has 3 rings (SSSR count). The van der Waals surface area contributed by atoms with Gasteiger partial charge in [-0.15, -0.1) is 0 Å². The van der Waals surface area contributed by atoms with E-state index in [0.29, 0.717) is 24.5 Å². The van der Waals surface area contributed by atoms with E-state index in [0.717, 1.165) is 12.1 Å². The van der Waals surface area contributed by atoms with Crippen LogP contribution in [-0.4, -0.2) is 24.3 Å². The lowest BCUT2D eigenvalue weighted by molar-refractivity contribution is 0.329. The minimum Gasteiger partial charge on any atom is -0.447 e. The van der Waals surface area contributed by atoms with Crippen LogP contribution in [0, 0.1) is 0 Å². The molecule has 24 heavy (non-hydrogen) atoms. The van der Waals surface area contributed by atoms with E-state index < -0.39 is 10.0 Å². The van der Waals surface area contributed by atoms with Crippen LogP contribution in [0.3, 0.4) is 0 Å². The summed E-state index contributed by atoms with van der Waals surface area (Å²) in [4.78, 5) is 4.78. The molecule has 2 N–H and O–H groups in total. The van der Waals surface area contributed by atoms with E-state index in [-0.39, 0.29) is 16.4 Å². The van der Waals surface area contributed by atoms with Gasteiger partial charge in [0.05, 0.1) is 10.6 Å². The van der Waals surface area contributed by atoms with Crippen LogP contribution in [0.2, 0.25) is 0 Å². The second-order valence-electron chi connectivity index (χ2n) is 7.16. The fraction of sp³-hybridized carbons (Fsp3) is 0.471. The molecule has 2 aromatic rings. The van der Waals surface area contributed by atoms with Gasteiger partial charge in [0.15, 0.2) is 0 Å². The molecule has 0 spiro atoms. The van der Waals surface area contributed by atoms with Crippen LogP contribution in [0.4, 0.5) is 5.69 Å². The Hall–Kier alpha value is -1.86. The molecule has 0 unspecified atom stereocenters. The van der Waals surface area contributed by atoms with Crippen LogP contribution in [0.1, 0.15) is 51.2 Å². The van der Waals surface area contributed by atoms with E-state index in [1.165, 1.54) is 16.4 Å². The molecule has 1 aliphatic rings. The van der Waals surface area contributed by atoms with Crippen molar-refractivity contribution in [2.45, 2.75) is 50.0 Å². The van der Waals surface area contributed by atoms with Gasteiger partial charge in [-0.1, -0.05) is 20.8 Å². The highest BCUT2D eigenvalue weighted by atomic mass is 32.2. The molecule has 1 aliphatic heterocycles. The summed E-state index contributed by atoms with van der Waals surface area (Å²) in [6.45, 7) is 6.61. The largest absolute Gasteiger partial charge is 0.447 e. The molecule has 0 saturated carbocycles. The number of oxazole rings is 1. The molecule has 6 nitrogen and oxygen atoms in total. The lowest BCUT2D eigenvalue weighted by atomic mass is 9.93. The van der Waals surface area contributed by atoms with Gasteiger partial charge in [-0.25, -0.2) is 13.4 Å². The molecular weight excluding hydrogens is 326 g/mol. The molecule has 1 aromatic heterocycles. The van der Waals surface area contributed by atoms with Crippen molar-refractivity contribution in [3.8, 4) is 0 Å². The Labute approximate surface area is 142 Å². The number of nitrogens with two attached hydrogens (primary N) is 1. The summed E-state index contributed by atoms with van der Waals surface area (Å²) in [6.07, 6.45) is 3.12. The number of anilines is 1. The zero-order chi connectivity index (χ0) is 17.5. The molecule has 7 heteroatoms. The monoisotopic (exact) mass is 349 g/mol. The molecule has 2 heterocycles. The molecule has 1 saturated heterocycles. The lowest BCUT2D eigenvalue weighted by Crippen LogP contribution is -2.31. The summed E-state index contributed by atoms with van der Waals surface area (Å²) in [5.41, 5.74) is 6.88. The number of nitrogen functional groups attached to an aromatic ring is 1. The maximum Gasteiger partial charge on any atom is 0.243 e. The van der Waals surface area contributed by atoms with Gasteiger partial charge in [0.2, 0.25) is 15.9 Å². The number of rotatable bonds is 3. The lowest BCUT2D eigenvalue weighted by Gasteiger charge is -2.22. The first-order valence-electron chi connectivity index (χ1n) is 8.03. The van der Waals surface area contributed by atoms with Crippen molar-refractivity contribution >= 4 is 15.7 Å². The Morgan fingerprint density at radius 3 is 2.50 bits per heavy atom. The highest BCUT2D eigenvalue weighted by Crippen LogP contribution is 2.37. The van der Waals surface area contributed by atoms with Crippen LogP contribution in [-0.2, 0) is 15.4 Å². The predicted molar refractivity (Wildman–Crippen MR) is 91.9 cm³/mol. The molecule has 1 atom stereocenters.